The Labute approximate surface area is 153 Å². The Bertz CT molecular complexity index is 1000. The molecule has 0 aliphatic carbocycles. The first-order chi connectivity index (χ1) is 12.7. The zero-order valence-corrected chi connectivity index (χ0v) is 14.7. The summed E-state index contributed by atoms with van der Waals surface area (Å²) in [6, 6.07) is 7.39. The van der Waals surface area contributed by atoms with Crippen LogP contribution in [0, 0.1) is 11.3 Å². The molecule has 3 aromatic rings. The minimum absolute atomic E-state index is 0.110. The summed E-state index contributed by atoms with van der Waals surface area (Å²) < 4.78 is 1.58. The molecule has 1 amide bonds. The maximum atomic E-state index is 12.7. The van der Waals surface area contributed by atoms with Crippen molar-refractivity contribution in [2.75, 3.05) is 23.3 Å². The number of fused-ring (bicyclic) bond motifs is 1. The molecule has 3 N–H and O–H groups in total. The molecule has 132 valence electrons. The normalized spacial score (nSPS) is 17.2. The first kappa shape index (κ1) is 16.5. The number of carbonyl (C=O) groups excluding carboxylic acids is 1. The maximum absolute atomic E-state index is 12.7. The van der Waals surface area contributed by atoms with Crippen LogP contribution in [0.1, 0.15) is 28.2 Å². The van der Waals surface area contributed by atoms with Crippen LogP contribution in [0.25, 0.3) is 5.52 Å². The van der Waals surface area contributed by atoms with Crippen LogP contribution in [-0.4, -0.2) is 39.6 Å². The van der Waals surface area contributed by atoms with Crippen molar-refractivity contribution in [1.82, 2.24) is 14.6 Å². The van der Waals surface area contributed by atoms with Crippen LogP contribution in [-0.2, 0) is 0 Å². The summed E-state index contributed by atoms with van der Waals surface area (Å²) in [7, 11) is 0. The third-order valence-corrected chi connectivity index (χ3v) is 5.19. The summed E-state index contributed by atoms with van der Waals surface area (Å²) in [5.41, 5.74) is 7.67. The number of carbonyl (C=O) groups is 1. The Morgan fingerprint density at radius 3 is 3.12 bits per heavy atom. The van der Waals surface area contributed by atoms with E-state index in [-0.39, 0.29) is 11.9 Å². The van der Waals surface area contributed by atoms with Crippen LogP contribution < -0.4 is 16.0 Å². The van der Waals surface area contributed by atoms with E-state index in [0.717, 1.165) is 24.9 Å². The molecule has 0 saturated carbocycles. The van der Waals surface area contributed by atoms with Crippen LogP contribution in [0.5, 0.6) is 0 Å². The van der Waals surface area contributed by atoms with E-state index in [0.29, 0.717) is 28.8 Å². The Kier molecular flexibility index (Phi) is 4.28. The highest BCUT2D eigenvalue weighted by atomic mass is 32.1. The number of nitrogens with zero attached hydrogens (tertiary/aromatic N) is 5. The molecular formula is C17H17N7OS. The van der Waals surface area contributed by atoms with Crippen molar-refractivity contribution in [3.05, 3.63) is 40.3 Å². The van der Waals surface area contributed by atoms with E-state index in [4.69, 9.17) is 11.0 Å². The minimum Gasteiger partial charge on any atom is -0.338 e. The van der Waals surface area contributed by atoms with E-state index >= 15 is 0 Å². The van der Waals surface area contributed by atoms with Crippen LogP contribution in [0.4, 0.5) is 11.6 Å². The van der Waals surface area contributed by atoms with Gasteiger partial charge in [-0.25, -0.2) is 9.50 Å². The second-order valence-electron chi connectivity index (χ2n) is 6.19. The largest absolute Gasteiger partial charge is 0.338 e. The fourth-order valence-electron chi connectivity index (χ4n) is 3.08. The summed E-state index contributed by atoms with van der Waals surface area (Å²) >= 11 is 1.29. The number of piperidine rings is 1. The summed E-state index contributed by atoms with van der Waals surface area (Å²) in [5, 5.41) is 18.2. The number of nitriles is 1. The minimum atomic E-state index is -0.320. The summed E-state index contributed by atoms with van der Waals surface area (Å²) in [5.74, 6) is 0.242. The number of nitrogens with one attached hydrogen (secondary N) is 1. The van der Waals surface area contributed by atoms with Gasteiger partial charge in [0.15, 0.2) is 0 Å². The molecule has 4 rings (SSSR count). The number of aromatic nitrogens is 3. The number of amides is 1. The van der Waals surface area contributed by atoms with Crippen molar-refractivity contribution < 1.29 is 4.79 Å². The maximum Gasteiger partial charge on any atom is 0.274 e. The molecule has 1 saturated heterocycles. The van der Waals surface area contributed by atoms with Crippen molar-refractivity contribution >= 4 is 34.4 Å². The van der Waals surface area contributed by atoms with Crippen molar-refractivity contribution in [1.29, 1.82) is 5.26 Å². The van der Waals surface area contributed by atoms with Gasteiger partial charge in [0.2, 0.25) is 5.95 Å². The number of nitrogens with two attached hydrogens (primary N) is 1. The Morgan fingerprint density at radius 1 is 1.42 bits per heavy atom. The van der Waals surface area contributed by atoms with Crippen molar-refractivity contribution in [3.8, 4) is 6.07 Å². The molecule has 1 atom stereocenters. The van der Waals surface area contributed by atoms with Crippen LogP contribution in [0.2, 0.25) is 0 Å². The first-order valence-electron chi connectivity index (χ1n) is 8.30. The van der Waals surface area contributed by atoms with E-state index in [1.807, 2.05) is 4.90 Å². The zero-order valence-electron chi connectivity index (χ0n) is 13.9. The van der Waals surface area contributed by atoms with Gasteiger partial charge in [0, 0.05) is 19.1 Å². The van der Waals surface area contributed by atoms with E-state index in [1.165, 1.54) is 11.3 Å². The van der Waals surface area contributed by atoms with Gasteiger partial charge < -0.3 is 16.0 Å². The Hall–Kier alpha value is -2.96. The number of anilines is 2. The standard InChI is InChI=1S/C17H17N7OS/c18-8-15-13(5-7-26-15)21-16(25)14-4-3-12-9-20-17(22-24(12)14)23-6-1-2-11(19)10-23/h3-5,7,9,11H,1-2,6,10,19H2,(H,21,25)/t11-/m0/s1. The lowest BCUT2D eigenvalue weighted by Gasteiger charge is -2.30. The lowest BCUT2D eigenvalue weighted by molar-refractivity contribution is 0.102. The third-order valence-electron chi connectivity index (χ3n) is 4.37. The highest BCUT2D eigenvalue weighted by Crippen LogP contribution is 2.22. The second-order valence-corrected chi connectivity index (χ2v) is 7.11. The molecule has 8 nitrogen and oxygen atoms in total. The lowest BCUT2D eigenvalue weighted by atomic mass is 10.1. The lowest BCUT2D eigenvalue weighted by Crippen LogP contribution is -2.43. The van der Waals surface area contributed by atoms with Gasteiger partial charge in [-0.3, -0.25) is 4.79 Å². The quantitative estimate of drug-likeness (QED) is 0.730. The van der Waals surface area contributed by atoms with Gasteiger partial charge in [-0.2, -0.15) is 5.26 Å². The van der Waals surface area contributed by atoms with Gasteiger partial charge >= 0.3 is 0 Å². The molecule has 26 heavy (non-hydrogen) atoms. The van der Waals surface area contributed by atoms with Gasteiger partial charge in [-0.1, -0.05) is 0 Å². The Morgan fingerprint density at radius 2 is 2.31 bits per heavy atom. The Balaban J connectivity index is 1.64. The molecule has 1 aliphatic rings. The van der Waals surface area contributed by atoms with Crippen LogP contribution >= 0.6 is 11.3 Å². The molecule has 0 radical (unpaired) electrons. The molecule has 0 aromatic carbocycles. The van der Waals surface area contributed by atoms with Crippen molar-refractivity contribution in [3.63, 3.8) is 0 Å². The van der Waals surface area contributed by atoms with E-state index in [9.17, 15) is 4.79 Å². The summed E-state index contributed by atoms with van der Waals surface area (Å²) in [6.07, 6.45) is 3.69. The molecule has 9 heteroatoms. The average Bonchev–Trinajstić information content (AvgIpc) is 3.27. The van der Waals surface area contributed by atoms with Crippen LogP contribution in [0.15, 0.2) is 29.8 Å². The fraction of sp³-hybridized carbons (Fsp3) is 0.294. The monoisotopic (exact) mass is 367 g/mol. The highest BCUT2D eigenvalue weighted by Gasteiger charge is 2.21. The first-order valence-corrected chi connectivity index (χ1v) is 9.18. The van der Waals surface area contributed by atoms with Gasteiger partial charge in [-0.05, 0) is 36.4 Å². The number of hydrogen-bond acceptors (Lipinski definition) is 7. The van der Waals surface area contributed by atoms with Crippen molar-refractivity contribution in [2.45, 2.75) is 18.9 Å². The zero-order chi connectivity index (χ0) is 18.1. The topological polar surface area (TPSA) is 112 Å². The predicted molar refractivity (Wildman–Crippen MR) is 99.4 cm³/mol. The van der Waals surface area contributed by atoms with E-state index in [2.05, 4.69) is 21.5 Å². The third kappa shape index (κ3) is 3.00. The summed E-state index contributed by atoms with van der Waals surface area (Å²) in [4.78, 5) is 19.6. The number of hydrogen-bond donors (Lipinski definition) is 2. The molecule has 0 bridgehead atoms. The molecule has 3 aromatic heterocycles. The van der Waals surface area contributed by atoms with Gasteiger partial charge in [0.25, 0.3) is 5.91 Å². The predicted octanol–water partition coefficient (Wildman–Crippen LogP) is 1.84. The van der Waals surface area contributed by atoms with Crippen molar-refractivity contribution in [2.24, 2.45) is 5.73 Å². The van der Waals surface area contributed by atoms with E-state index < -0.39 is 0 Å². The molecule has 4 heterocycles. The van der Waals surface area contributed by atoms with Gasteiger partial charge in [0.05, 0.1) is 17.4 Å². The SMILES string of the molecule is N#Cc1sccc1NC(=O)c1ccc2cnc(N3CCC[C@H](N)C3)nn12. The van der Waals surface area contributed by atoms with E-state index in [1.54, 1.807) is 34.3 Å². The summed E-state index contributed by atoms with van der Waals surface area (Å²) in [6.45, 7) is 1.55. The van der Waals surface area contributed by atoms with Crippen LogP contribution in [0.3, 0.4) is 0 Å². The molecule has 1 fully saturated rings. The molecular weight excluding hydrogens is 350 g/mol. The van der Waals surface area contributed by atoms with Gasteiger partial charge in [-0.15, -0.1) is 16.4 Å². The number of thiophene rings is 1. The molecule has 1 aliphatic heterocycles. The highest BCUT2D eigenvalue weighted by molar-refractivity contribution is 7.11. The molecule has 0 spiro atoms. The van der Waals surface area contributed by atoms with Gasteiger partial charge in [0.1, 0.15) is 16.6 Å². The smallest absolute Gasteiger partial charge is 0.274 e. The average molecular weight is 367 g/mol. The molecule has 0 unspecified atom stereocenters. The number of rotatable bonds is 3. The second kappa shape index (κ2) is 6.74. The fourth-order valence-corrected chi connectivity index (χ4v) is 3.72.